The molecule has 2 amide bonds. The minimum absolute atomic E-state index is 0.0617. The van der Waals surface area contributed by atoms with E-state index in [4.69, 9.17) is 5.11 Å². The lowest BCUT2D eigenvalue weighted by molar-refractivity contribution is -0.141. The molecule has 0 spiro atoms. The van der Waals surface area contributed by atoms with Gasteiger partial charge < -0.3 is 14.9 Å². The van der Waals surface area contributed by atoms with Crippen molar-refractivity contribution in [3.63, 3.8) is 0 Å². The van der Waals surface area contributed by atoms with Crippen molar-refractivity contribution in [3.05, 3.63) is 0 Å². The lowest BCUT2D eigenvalue weighted by Gasteiger charge is -2.31. The molecule has 0 aromatic carbocycles. The van der Waals surface area contributed by atoms with E-state index in [9.17, 15) is 9.59 Å². The molecule has 5 nitrogen and oxygen atoms in total. The number of carboxylic acid groups (broad SMARTS) is 1. The van der Waals surface area contributed by atoms with Crippen molar-refractivity contribution in [3.8, 4) is 0 Å². The molecule has 0 aromatic rings. The Kier molecular flexibility index (Phi) is 4.92. The third kappa shape index (κ3) is 3.59. The predicted octanol–water partition coefficient (Wildman–Crippen LogP) is 0.808. The van der Waals surface area contributed by atoms with E-state index < -0.39 is 11.9 Å². The van der Waals surface area contributed by atoms with Crippen LogP contribution < -0.4 is 0 Å². The molecule has 1 heterocycles. The number of urea groups is 1. The van der Waals surface area contributed by atoms with Crippen LogP contribution in [-0.2, 0) is 4.79 Å². The number of aliphatic carboxylic acids is 1. The van der Waals surface area contributed by atoms with Crippen molar-refractivity contribution < 1.29 is 14.7 Å². The second kappa shape index (κ2) is 5.98. The van der Waals surface area contributed by atoms with Crippen LogP contribution in [0.2, 0.25) is 0 Å². The molecule has 0 saturated carbocycles. The molecule has 1 aliphatic rings. The van der Waals surface area contributed by atoms with Gasteiger partial charge >= 0.3 is 12.0 Å². The first-order valence-electron chi connectivity index (χ1n) is 5.33. The zero-order valence-electron chi connectivity index (χ0n) is 9.68. The Morgan fingerprint density at radius 1 is 1.44 bits per heavy atom. The quantitative estimate of drug-likeness (QED) is 0.800. The van der Waals surface area contributed by atoms with Gasteiger partial charge in [-0.15, -0.1) is 0 Å². The maximum Gasteiger partial charge on any atom is 0.319 e. The van der Waals surface area contributed by atoms with Gasteiger partial charge in [0.25, 0.3) is 0 Å². The van der Waals surface area contributed by atoms with E-state index in [1.165, 1.54) is 4.90 Å². The minimum Gasteiger partial charge on any atom is -0.481 e. The molecule has 0 radical (unpaired) electrons. The SMILES string of the molecule is CC(CN(C)C(=O)N1CCSCC1)C(=O)O. The summed E-state index contributed by atoms with van der Waals surface area (Å²) in [5.74, 6) is 0.546. The van der Waals surface area contributed by atoms with E-state index in [1.54, 1.807) is 18.9 Å². The molecular weight excluding hydrogens is 228 g/mol. The van der Waals surface area contributed by atoms with Crippen molar-refractivity contribution in [2.75, 3.05) is 38.2 Å². The molecule has 1 fully saturated rings. The standard InChI is InChI=1S/C10H18N2O3S/c1-8(9(13)14)7-11(2)10(15)12-3-5-16-6-4-12/h8H,3-7H2,1-2H3,(H,13,14). The summed E-state index contributed by atoms with van der Waals surface area (Å²) in [5.41, 5.74) is 0. The zero-order chi connectivity index (χ0) is 12.1. The van der Waals surface area contributed by atoms with E-state index in [0.717, 1.165) is 24.6 Å². The van der Waals surface area contributed by atoms with Crippen LogP contribution >= 0.6 is 11.8 Å². The highest BCUT2D eigenvalue weighted by molar-refractivity contribution is 7.99. The second-order valence-corrected chi connectivity index (χ2v) is 5.23. The predicted molar refractivity (Wildman–Crippen MR) is 63.7 cm³/mol. The average molecular weight is 246 g/mol. The Balaban J connectivity index is 2.43. The van der Waals surface area contributed by atoms with Crippen LogP contribution in [0.25, 0.3) is 0 Å². The highest BCUT2D eigenvalue weighted by atomic mass is 32.2. The van der Waals surface area contributed by atoms with Gasteiger partial charge in [-0.3, -0.25) is 4.79 Å². The first kappa shape index (κ1) is 13.2. The van der Waals surface area contributed by atoms with Crippen LogP contribution in [0.3, 0.4) is 0 Å². The summed E-state index contributed by atoms with van der Waals surface area (Å²) in [4.78, 5) is 25.9. The molecular formula is C10H18N2O3S. The molecule has 6 heteroatoms. The number of hydrogen-bond acceptors (Lipinski definition) is 3. The first-order valence-corrected chi connectivity index (χ1v) is 6.48. The van der Waals surface area contributed by atoms with Crippen molar-refractivity contribution in [2.24, 2.45) is 5.92 Å². The van der Waals surface area contributed by atoms with Gasteiger partial charge in [-0.1, -0.05) is 6.92 Å². The van der Waals surface area contributed by atoms with Crippen molar-refractivity contribution >= 4 is 23.8 Å². The lowest BCUT2D eigenvalue weighted by atomic mass is 10.2. The summed E-state index contributed by atoms with van der Waals surface area (Å²) in [7, 11) is 1.66. The van der Waals surface area contributed by atoms with Crippen LogP contribution in [0.15, 0.2) is 0 Å². The van der Waals surface area contributed by atoms with Gasteiger partial charge in [0.15, 0.2) is 0 Å². The van der Waals surface area contributed by atoms with Gasteiger partial charge in [0.2, 0.25) is 0 Å². The van der Waals surface area contributed by atoms with Crippen molar-refractivity contribution in [2.45, 2.75) is 6.92 Å². The van der Waals surface area contributed by atoms with Crippen LogP contribution in [0.4, 0.5) is 4.79 Å². The smallest absolute Gasteiger partial charge is 0.319 e. The maximum atomic E-state index is 11.9. The van der Waals surface area contributed by atoms with Gasteiger partial charge in [-0.05, 0) is 0 Å². The summed E-state index contributed by atoms with van der Waals surface area (Å²) in [6.07, 6.45) is 0. The molecule has 16 heavy (non-hydrogen) atoms. The normalized spacial score (nSPS) is 18.0. The topological polar surface area (TPSA) is 60.9 Å². The summed E-state index contributed by atoms with van der Waals surface area (Å²) in [6.45, 7) is 3.39. The highest BCUT2D eigenvalue weighted by Crippen LogP contribution is 2.11. The number of thioether (sulfide) groups is 1. The third-order valence-corrected chi connectivity index (χ3v) is 3.52. The van der Waals surface area contributed by atoms with Crippen LogP contribution in [0, 0.1) is 5.92 Å². The maximum absolute atomic E-state index is 11.9. The molecule has 0 bridgehead atoms. The Morgan fingerprint density at radius 2 is 2.00 bits per heavy atom. The fraction of sp³-hybridized carbons (Fsp3) is 0.800. The van der Waals surface area contributed by atoms with Crippen LogP contribution in [0.1, 0.15) is 6.92 Å². The Bertz CT molecular complexity index is 267. The van der Waals surface area contributed by atoms with E-state index in [1.807, 2.05) is 11.8 Å². The monoisotopic (exact) mass is 246 g/mol. The second-order valence-electron chi connectivity index (χ2n) is 4.00. The summed E-state index contributed by atoms with van der Waals surface area (Å²) in [6, 6.07) is -0.0617. The minimum atomic E-state index is -0.867. The highest BCUT2D eigenvalue weighted by Gasteiger charge is 2.23. The largest absolute Gasteiger partial charge is 0.481 e. The number of carboxylic acids is 1. The van der Waals surface area contributed by atoms with Crippen molar-refractivity contribution in [1.82, 2.24) is 9.80 Å². The fourth-order valence-electron chi connectivity index (χ4n) is 1.56. The van der Waals surface area contributed by atoms with Crippen molar-refractivity contribution in [1.29, 1.82) is 0 Å². The molecule has 0 aliphatic carbocycles. The Hall–Kier alpha value is -0.910. The van der Waals surface area contributed by atoms with E-state index in [0.29, 0.717) is 0 Å². The summed E-state index contributed by atoms with van der Waals surface area (Å²) >= 11 is 1.84. The third-order valence-electron chi connectivity index (χ3n) is 2.58. The molecule has 1 N–H and O–H groups in total. The fourth-order valence-corrected chi connectivity index (χ4v) is 2.47. The van der Waals surface area contributed by atoms with E-state index in [-0.39, 0.29) is 12.6 Å². The number of amides is 2. The number of rotatable bonds is 3. The van der Waals surface area contributed by atoms with Crippen LogP contribution in [0.5, 0.6) is 0 Å². The molecule has 1 unspecified atom stereocenters. The van der Waals surface area contributed by atoms with Gasteiger partial charge in [0.05, 0.1) is 5.92 Å². The number of hydrogen-bond donors (Lipinski definition) is 1. The van der Waals surface area contributed by atoms with Gasteiger partial charge in [-0.2, -0.15) is 11.8 Å². The molecule has 0 aromatic heterocycles. The van der Waals surface area contributed by atoms with Gasteiger partial charge in [-0.25, -0.2) is 4.79 Å². The van der Waals surface area contributed by atoms with Gasteiger partial charge in [0, 0.05) is 38.2 Å². The number of carbonyl (C=O) groups excluding carboxylic acids is 1. The van der Waals surface area contributed by atoms with E-state index >= 15 is 0 Å². The molecule has 1 atom stereocenters. The number of nitrogens with zero attached hydrogens (tertiary/aromatic N) is 2. The van der Waals surface area contributed by atoms with Crippen LogP contribution in [-0.4, -0.2) is 65.1 Å². The lowest BCUT2D eigenvalue weighted by Crippen LogP contribution is -2.46. The Labute approximate surface area is 99.8 Å². The van der Waals surface area contributed by atoms with E-state index in [2.05, 4.69) is 0 Å². The molecule has 1 rings (SSSR count). The van der Waals surface area contributed by atoms with Gasteiger partial charge in [0.1, 0.15) is 0 Å². The zero-order valence-corrected chi connectivity index (χ0v) is 10.5. The number of carbonyl (C=O) groups is 2. The Morgan fingerprint density at radius 3 is 2.50 bits per heavy atom. The molecule has 1 aliphatic heterocycles. The first-order chi connectivity index (χ1) is 7.52. The molecule has 92 valence electrons. The summed E-state index contributed by atoms with van der Waals surface area (Å²) < 4.78 is 0. The average Bonchev–Trinajstić information content (AvgIpc) is 2.28. The molecule has 1 saturated heterocycles. The summed E-state index contributed by atoms with van der Waals surface area (Å²) in [5, 5.41) is 8.77.